The second-order valence-corrected chi connectivity index (χ2v) is 5.13. The lowest BCUT2D eigenvalue weighted by molar-refractivity contribution is 0.410. The lowest BCUT2D eigenvalue weighted by Gasteiger charge is -2.10. The van der Waals surface area contributed by atoms with E-state index in [0.29, 0.717) is 0 Å². The van der Waals surface area contributed by atoms with E-state index in [9.17, 15) is 0 Å². The molecular weight excluding hydrogens is 304 g/mol. The fraction of sp³-hybridized carbons (Fsp3) is 0.267. The number of benzene rings is 1. The average molecular weight is 321 g/mol. The second kappa shape index (κ2) is 6.57. The van der Waals surface area contributed by atoms with E-state index in [0.717, 1.165) is 29.0 Å². The van der Waals surface area contributed by atoms with Crippen molar-refractivity contribution in [2.75, 3.05) is 12.4 Å². The molecule has 0 aliphatic heterocycles. The summed E-state index contributed by atoms with van der Waals surface area (Å²) in [7, 11) is 1.71. The highest BCUT2D eigenvalue weighted by atomic mass is 79.9. The number of halogens is 1. The van der Waals surface area contributed by atoms with Gasteiger partial charge in [-0.15, -0.1) is 0 Å². The van der Waals surface area contributed by atoms with Gasteiger partial charge in [-0.3, -0.25) is 0 Å². The minimum absolute atomic E-state index is 0.756. The quantitative estimate of drug-likeness (QED) is 0.903. The Morgan fingerprint density at radius 1 is 1.26 bits per heavy atom. The fourth-order valence-electron chi connectivity index (χ4n) is 1.89. The van der Waals surface area contributed by atoms with E-state index in [4.69, 9.17) is 4.74 Å². The highest BCUT2D eigenvalue weighted by Gasteiger charge is 2.03. The van der Waals surface area contributed by atoms with Gasteiger partial charge in [-0.25, -0.2) is 4.98 Å². The van der Waals surface area contributed by atoms with Crippen LogP contribution in [-0.2, 0) is 13.0 Å². The van der Waals surface area contributed by atoms with Crippen molar-refractivity contribution in [1.82, 2.24) is 4.98 Å². The summed E-state index contributed by atoms with van der Waals surface area (Å²) < 4.78 is 6.31. The number of anilines is 1. The summed E-state index contributed by atoms with van der Waals surface area (Å²) in [6.07, 6.45) is 2.75. The standard InChI is InChI=1S/C15H17BrN2O/c1-3-12-8-11(4-6-14(12)19-2)9-17-15-7-5-13(16)10-18-15/h4-8,10H,3,9H2,1-2H3,(H,17,18). The van der Waals surface area contributed by atoms with Crippen LogP contribution in [0.1, 0.15) is 18.1 Å². The van der Waals surface area contributed by atoms with Crippen LogP contribution in [0.4, 0.5) is 5.82 Å². The van der Waals surface area contributed by atoms with Gasteiger partial charge in [0.1, 0.15) is 11.6 Å². The van der Waals surface area contributed by atoms with Crippen LogP contribution in [-0.4, -0.2) is 12.1 Å². The number of hydrogen-bond acceptors (Lipinski definition) is 3. The second-order valence-electron chi connectivity index (χ2n) is 4.21. The van der Waals surface area contributed by atoms with Crippen LogP contribution in [0, 0.1) is 0 Å². The Balaban J connectivity index is 2.05. The third kappa shape index (κ3) is 3.70. The van der Waals surface area contributed by atoms with Crippen molar-refractivity contribution in [3.05, 3.63) is 52.1 Å². The lowest BCUT2D eigenvalue weighted by Crippen LogP contribution is -2.02. The van der Waals surface area contributed by atoms with Crippen molar-refractivity contribution in [2.45, 2.75) is 19.9 Å². The molecule has 0 spiro atoms. The zero-order chi connectivity index (χ0) is 13.7. The van der Waals surface area contributed by atoms with Crippen molar-refractivity contribution in [3.63, 3.8) is 0 Å². The van der Waals surface area contributed by atoms with E-state index in [1.54, 1.807) is 13.3 Å². The van der Waals surface area contributed by atoms with Crippen LogP contribution in [0.3, 0.4) is 0 Å². The number of methoxy groups -OCH3 is 1. The molecule has 0 aliphatic carbocycles. The number of ether oxygens (including phenoxy) is 1. The Bertz CT molecular complexity index is 540. The van der Waals surface area contributed by atoms with Gasteiger partial charge in [-0.1, -0.05) is 19.1 Å². The Morgan fingerprint density at radius 3 is 2.74 bits per heavy atom. The van der Waals surface area contributed by atoms with Crippen molar-refractivity contribution >= 4 is 21.7 Å². The number of hydrogen-bond donors (Lipinski definition) is 1. The van der Waals surface area contributed by atoms with Gasteiger partial charge < -0.3 is 10.1 Å². The minimum Gasteiger partial charge on any atom is -0.496 e. The molecule has 1 aromatic carbocycles. The molecule has 2 aromatic rings. The number of aromatic nitrogens is 1. The zero-order valence-corrected chi connectivity index (χ0v) is 12.7. The number of nitrogens with zero attached hydrogens (tertiary/aromatic N) is 1. The van der Waals surface area contributed by atoms with Gasteiger partial charge in [-0.05, 0) is 51.7 Å². The molecule has 0 atom stereocenters. The summed E-state index contributed by atoms with van der Waals surface area (Å²) in [5, 5.41) is 3.30. The number of aryl methyl sites for hydroxylation is 1. The van der Waals surface area contributed by atoms with Crippen molar-refractivity contribution in [2.24, 2.45) is 0 Å². The molecule has 100 valence electrons. The predicted molar refractivity (Wildman–Crippen MR) is 81.6 cm³/mol. The van der Waals surface area contributed by atoms with Crippen LogP contribution in [0.25, 0.3) is 0 Å². The first-order valence-electron chi connectivity index (χ1n) is 6.24. The maximum Gasteiger partial charge on any atom is 0.126 e. The molecule has 0 bridgehead atoms. The van der Waals surface area contributed by atoms with E-state index in [2.05, 4.69) is 45.3 Å². The fourth-order valence-corrected chi connectivity index (χ4v) is 2.13. The highest BCUT2D eigenvalue weighted by molar-refractivity contribution is 9.10. The van der Waals surface area contributed by atoms with Gasteiger partial charge in [0.05, 0.1) is 7.11 Å². The van der Waals surface area contributed by atoms with Crippen LogP contribution >= 0.6 is 15.9 Å². The molecule has 1 N–H and O–H groups in total. The Labute approximate surface area is 122 Å². The molecule has 3 nitrogen and oxygen atoms in total. The molecule has 0 amide bonds. The predicted octanol–water partition coefficient (Wildman–Crippen LogP) is 4.03. The van der Waals surface area contributed by atoms with E-state index in [-0.39, 0.29) is 0 Å². The maximum absolute atomic E-state index is 5.33. The number of rotatable bonds is 5. The van der Waals surface area contributed by atoms with Crippen molar-refractivity contribution in [3.8, 4) is 5.75 Å². The molecule has 0 unspecified atom stereocenters. The summed E-state index contributed by atoms with van der Waals surface area (Å²) in [5.41, 5.74) is 2.45. The molecule has 0 saturated heterocycles. The van der Waals surface area contributed by atoms with Crippen LogP contribution in [0.5, 0.6) is 5.75 Å². The highest BCUT2D eigenvalue weighted by Crippen LogP contribution is 2.21. The van der Waals surface area contributed by atoms with Crippen LogP contribution < -0.4 is 10.1 Å². The molecule has 4 heteroatoms. The smallest absolute Gasteiger partial charge is 0.126 e. The first kappa shape index (κ1) is 13.9. The molecule has 0 saturated carbocycles. The topological polar surface area (TPSA) is 34.2 Å². The largest absolute Gasteiger partial charge is 0.496 e. The van der Waals surface area contributed by atoms with Crippen molar-refractivity contribution in [1.29, 1.82) is 0 Å². The third-order valence-corrected chi connectivity index (χ3v) is 3.40. The summed E-state index contributed by atoms with van der Waals surface area (Å²) in [5.74, 6) is 1.82. The Hall–Kier alpha value is -1.55. The summed E-state index contributed by atoms with van der Waals surface area (Å²) in [4.78, 5) is 4.29. The van der Waals surface area contributed by atoms with Gasteiger partial charge >= 0.3 is 0 Å². The van der Waals surface area contributed by atoms with E-state index in [1.165, 1.54) is 11.1 Å². The lowest BCUT2D eigenvalue weighted by atomic mass is 10.1. The third-order valence-electron chi connectivity index (χ3n) is 2.93. The molecule has 0 radical (unpaired) electrons. The van der Waals surface area contributed by atoms with Gasteiger partial charge in [0.2, 0.25) is 0 Å². The molecule has 19 heavy (non-hydrogen) atoms. The van der Waals surface area contributed by atoms with Gasteiger partial charge in [-0.2, -0.15) is 0 Å². The zero-order valence-electron chi connectivity index (χ0n) is 11.1. The van der Waals surface area contributed by atoms with E-state index >= 15 is 0 Å². The summed E-state index contributed by atoms with van der Waals surface area (Å²) in [6, 6.07) is 10.2. The van der Waals surface area contributed by atoms with Gasteiger partial charge in [0.25, 0.3) is 0 Å². The monoisotopic (exact) mass is 320 g/mol. The molecule has 0 fully saturated rings. The van der Waals surface area contributed by atoms with E-state index < -0.39 is 0 Å². The number of pyridine rings is 1. The molecule has 0 aliphatic rings. The van der Waals surface area contributed by atoms with Gasteiger partial charge in [0.15, 0.2) is 0 Å². The maximum atomic E-state index is 5.33. The Morgan fingerprint density at radius 2 is 2.11 bits per heavy atom. The minimum atomic E-state index is 0.756. The van der Waals surface area contributed by atoms with Crippen LogP contribution in [0.2, 0.25) is 0 Å². The summed E-state index contributed by atoms with van der Waals surface area (Å²) in [6.45, 7) is 2.89. The van der Waals surface area contributed by atoms with Crippen LogP contribution in [0.15, 0.2) is 41.0 Å². The average Bonchev–Trinajstić information content (AvgIpc) is 2.46. The molecule has 1 heterocycles. The van der Waals surface area contributed by atoms with Gasteiger partial charge in [0, 0.05) is 17.2 Å². The van der Waals surface area contributed by atoms with Crippen molar-refractivity contribution < 1.29 is 4.74 Å². The summed E-state index contributed by atoms with van der Waals surface area (Å²) >= 11 is 3.37. The first-order chi connectivity index (χ1) is 9.22. The van der Waals surface area contributed by atoms with E-state index in [1.807, 2.05) is 18.2 Å². The first-order valence-corrected chi connectivity index (χ1v) is 7.03. The normalized spacial score (nSPS) is 10.3. The molecule has 1 aromatic heterocycles. The number of nitrogens with one attached hydrogen (secondary N) is 1. The Kier molecular flexibility index (Phi) is 4.80. The SMILES string of the molecule is CCc1cc(CNc2ccc(Br)cn2)ccc1OC. The molecular formula is C15H17BrN2O. The molecule has 2 rings (SSSR count).